The average molecular weight is 248 g/mol. The lowest BCUT2D eigenvalue weighted by atomic mass is 10.1. The fourth-order valence-electron chi connectivity index (χ4n) is 2.94. The molecule has 94 valence electrons. The van der Waals surface area contributed by atoms with Crippen molar-refractivity contribution in [3.05, 3.63) is 65.5 Å². The summed E-state index contributed by atoms with van der Waals surface area (Å²) in [5.41, 5.74) is 4.96. The molecule has 2 aromatic carbocycles. The van der Waals surface area contributed by atoms with Crippen molar-refractivity contribution < 1.29 is 0 Å². The molecule has 1 saturated carbocycles. The minimum atomic E-state index is 0.564. The number of rotatable bonds is 2. The Bertz CT molecular complexity index is 727. The van der Waals surface area contributed by atoms with E-state index in [1.54, 1.807) is 0 Å². The van der Waals surface area contributed by atoms with Crippen molar-refractivity contribution in [2.75, 3.05) is 0 Å². The van der Waals surface area contributed by atoms with Crippen molar-refractivity contribution in [3.63, 3.8) is 0 Å². The number of aromatic amines is 1. The zero-order valence-electron chi connectivity index (χ0n) is 10.9. The molecular formula is C17H16N2. The second-order valence-electron chi connectivity index (χ2n) is 5.45. The first-order chi connectivity index (χ1) is 9.33. The zero-order valence-corrected chi connectivity index (χ0v) is 10.9. The van der Waals surface area contributed by atoms with E-state index in [0.717, 1.165) is 16.9 Å². The van der Waals surface area contributed by atoms with Crippen LogP contribution in [0.5, 0.6) is 0 Å². The smallest absolute Gasteiger partial charge is 0.111 e. The van der Waals surface area contributed by atoms with E-state index in [4.69, 9.17) is 4.98 Å². The molecule has 2 unspecified atom stereocenters. The van der Waals surface area contributed by atoms with Crippen LogP contribution in [0.15, 0.2) is 48.5 Å². The molecule has 3 aromatic rings. The average Bonchev–Trinajstić information content (AvgIpc) is 3.12. The summed E-state index contributed by atoms with van der Waals surface area (Å²) in [7, 11) is 0. The highest BCUT2D eigenvalue weighted by Gasteiger charge is 2.41. The van der Waals surface area contributed by atoms with Gasteiger partial charge in [0.1, 0.15) is 5.82 Å². The van der Waals surface area contributed by atoms with Gasteiger partial charge in [0.25, 0.3) is 0 Å². The van der Waals surface area contributed by atoms with Crippen LogP contribution in [0, 0.1) is 6.92 Å². The molecule has 2 nitrogen and oxygen atoms in total. The standard InChI is InChI=1S/C17H16N2/c1-11-6-5-9-15-16(11)19-17(18-15)14-10-13(14)12-7-3-2-4-8-12/h2-9,13-14H,10H2,1H3,(H,18,19). The van der Waals surface area contributed by atoms with E-state index < -0.39 is 0 Å². The predicted molar refractivity (Wildman–Crippen MR) is 77.4 cm³/mol. The number of aryl methyl sites for hydroxylation is 1. The Morgan fingerprint density at radius 3 is 2.63 bits per heavy atom. The topological polar surface area (TPSA) is 28.7 Å². The Kier molecular flexibility index (Phi) is 2.25. The van der Waals surface area contributed by atoms with E-state index in [-0.39, 0.29) is 0 Å². The van der Waals surface area contributed by atoms with Crippen LogP contribution in [-0.4, -0.2) is 9.97 Å². The highest BCUT2D eigenvalue weighted by Crippen LogP contribution is 2.53. The maximum atomic E-state index is 4.79. The van der Waals surface area contributed by atoms with E-state index in [0.29, 0.717) is 11.8 Å². The monoisotopic (exact) mass is 248 g/mol. The lowest BCUT2D eigenvalue weighted by molar-refractivity contribution is 0.937. The van der Waals surface area contributed by atoms with Gasteiger partial charge in [-0.1, -0.05) is 42.5 Å². The lowest BCUT2D eigenvalue weighted by Gasteiger charge is -1.97. The highest BCUT2D eigenvalue weighted by atomic mass is 14.9. The Morgan fingerprint density at radius 2 is 1.84 bits per heavy atom. The molecule has 0 radical (unpaired) electrons. The van der Waals surface area contributed by atoms with Crippen molar-refractivity contribution in [3.8, 4) is 0 Å². The lowest BCUT2D eigenvalue weighted by Crippen LogP contribution is -1.86. The summed E-state index contributed by atoms with van der Waals surface area (Å²) in [5, 5.41) is 0. The first kappa shape index (κ1) is 10.8. The molecule has 0 bridgehead atoms. The van der Waals surface area contributed by atoms with Gasteiger partial charge in [-0.05, 0) is 36.5 Å². The minimum Gasteiger partial charge on any atom is -0.342 e. The molecule has 1 aromatic heterocycles. The molecule has 2 heteroatoms. The number of nitrogens with zero attached hydrogens (tertiary/aromatic N) is 1. The SMILES string of the molecule is Cc1cccc2[nH]c(C3CC3c3ccccc3)nc12. The normalized spacial score (nSPS) is 21.7. The largest absolute Gasteiger partial charge is 0.342 e. The first-order valence-corrected chi connectivity index (χ1v) is 6.83. The van der Waals surface area contributed by atoms with E-state index in [1.165, 1.54) is 17.5 Å². The first-order valence-electron chi connectivity index (χ1n) is 6.83. The van der Waals surface area contributed by atoms with Crippen molar-refractivity contribution in [2.45, 2.75) is 25.2 Å². The van der Waals surface area contributed by atoms with Gasteiger partial charge in [0.2, 0.25) is 0 Å². The number of aromatic nitrogens is 2. The Hall–Kier alpha value is -2.09. The molecule has 1 heterocycles. The Morgan fingerprint density at radius 1 is 1.00 bits per heavy atom. The third-order valence-corrected chi connectivity index (χ3v) is 4.10. The number of fused-ring (bicyclic) bond motifs is 1. The fourth-order valence-corrected chi connectivity index (χ4v) is 2.94. The molecule has 1 N–H and O–H groups in total. The third kappa shape index (κ3) is 1.75. The van der Waals surface area contributed by atoms with Gasteiger partial charge < -0.3 is 4.98 Å². The van der Waals surface area contributed by atoms with Gasteiger partial charge >= 0.3 is 0 Å². The third-order valence-electron chi connectivity index (χ3n) is 4.10. The zero-order chi connectivity index (χ0) is 12.8. The van der Waals surface area contributed by atoms with E-state index >= 15 is 0 Å². The predicted octanol–water partition coefficient (Wildman–Crippen LogP) is 4.14. The van der Waals surface area contributed by atoms with Crippen LogP contribution < -0.4 is 0 Å². The van der Waals surface area contributed by atoms with Crippen molar-refractivity contribution >= 4 is 11.0 Å². The summed E-state index contributed by atoms with van der Waals surface area (Å²) in [4.78, 5) is 8.28. The van der Waals surface area contributed by atoms with E-state index in [9.17, 15) is 0 Å². The minimum absolute atomic E-state index is 0.564. The summed E-state index contributed by atoms with van der Waals surface area (Å²) >= 11 is 0. The van der Waals surface area contributed by atoms with Crippen LogP contribution in [0.2, 0.25) is 0 Å². The van der Waals surface area contributed by atoms with Gasteiger partial charge in [0.05, 0.1) is 11.0 Å². The number of benzene rings is 2. The summed E-state index contributed by atoms with van der Waals surface area (Å²) in [6.07, 6.45) is 1.21. The summed E-state index contributed by atoms with van der Waals surface area (Å²) in [6, 6.07) is 17.1. The summed E-state index contributed by atoms with van der Waals surface area (Å²) < 4.78 is 0. The molecule has 0 saturated heterocycles. The molecule has 1 aliphatic carbocycles. The van der Waals surface area contributed by atoms with E-state index in [1.807, 2.05) is 0 Å². The molecule has 4 rings (SSSR count). The summed E-state index contributed by atoms with van der Waals surface area (Å²) in [6.45, 7) is 2.12. The molecule has 1 aliphatic rings. The quantitative estimate of drug-likeness (QED) is 0.725. The number of hydrogen-bond acceptors (Lipinski definition) is 1. The van der Waals surface area contributed by atoms with Gasteiger partial charge in [-0.2, -0.15) is 0 Å². The van der Waals surface area contributed by atoms with Crippen molar-refractivity contribution in [2.24, 2.45) is 0 Å². The van der Waals surface area contributed by atoms with Crippen LogP contribution in [0.4, 0.5) is 0 Å². The van der Waals surface area contributed by atoms with E-state index in [2.05, 4.69) is 60.4 Å². The number of nitrogens with one attached hydrogen (secondary N) is 1. The Labute approximate surface area is 112 Å². The number of imidazole rings is 1. The van der Waals surface area contributed by atoms with Crippen LogP contribution in [0.25, 0.3) is 11.0 Å². The molecule has 2 atom stereocenters. The molecule has 0 aliphatic heterocycles. The van der Waals surface area contributed by atoms with Crippen LogP contribution >= 0.6 is 0 Å². The van der Waals surface area contributed by atoms with Crippen LogP contribution in [-0.2, 0) is 0 Å². The van der Waals surface area contributed by atoms with Crippen molar-refractivity contribution in [1.29, 1.82) is 0 Å². The Balaban J connectivity index is 1.68. The maximum Gasteiger partial charge on any atom is 0.111 e. The van der Waals surface area contributed by atoms with Crippen LogP contribution in [0.1, 0.15) is 35.2 Å². The van der Waals surface area contributed by atoms with Gasteiger partial charge in [-0.25, -0.2) is 4.98 Å². The fraction of sp³-hybridized carbons (Fsp3) is 0.235. The molecule has 19 heavy (non-hydrogen) atoms. The van der Waals surface area contributed by atoms with Gasteiger partial charge in [0.15, 0.2) is 0 Å². The highest BCUT2D eigenvalue weighted by molar-refractivity contribution is 5.78. The second kappa shape index (κ2) is 3.95. The number of para-hydroxylation sites is 1. The molecule has 0 amide bonds. The molecule has 0 spiro atoms. The number of H-pyrrole nitrogens is 1. The van der Waals surface area contributed by atoms with Gasteiger partial charge in [-0.3, -0.25) is 0 Å². The van der Waals surface area contributed by atoms with Gasteiger partial charge in [0, 0.05) is 5.92 Å². The van der Waals surface area contributed by atoms with Gasteiger partial charge in [-0.15, -0.1) is 0 Å². The van der Waals surface area contributed by atoms with Crippen LogP contribution in [0.3, 0.4) is 0 Å². The summed E-state index contributed by atoms with van der Waals surface area (Å²) in [5.74, 6) is 2.36. The second-order valence-corrected chi connectivity index (χ2v) is 5.45. The number of hydrogen-bond donors (Lipinski definition) is 1. The molecule has 1 fully saturated rings. The molecular weight excluding hydrogens is 232 g/mol. The maximum absolute atomic E-state index is 4.79. The van der Waals surface area contributed by atoms with Crippen molar-refractivity contribution in [1.82, 2.24) is 9.97 Å².